The van der Waals surface area contributed by atoms with E-state index < -0.39 is 0 Å². The second-order valence-corrected chi connectivity index (χ2v) is 4.77. The normalized spacial score (nSPS) is 17.6. The first-order valence-electron chi connectivity index (χ1n) is 6.57. The van der Waals surface area contributed by atoms with Gasteiger partial charge in [-0.2, -0.15) is 0 Å². The molecular weight excluding hydrogens is 242 g/mol. The van der Waals surface area contributed by atoms with Crippen LogP contribution in [0.5, 0.6) is 5.75 Å². The van der Waals surface area contributed by atoms with Crippen LogP contribution in [-0.4, -0.2) is 32.7 Å². The van der Waals surface area contributed by atoms with E-state index in [4.69, 9.17) is 10.5 Å². The average molecular weight is 263 g/mol. The van der Waals surface area contributed by atoms with Gasteiger partial charge in [0.25, 0.3) is 0 Å². The van der Waals surface area contributed by atoms with Crippen LogP contribution >= 0.6 is 0 Å². The molecule has 0 bridgehead atoms. The van der Waals surface area contributed by atoms with Crippen molar-refractivity contribution in [2.45, 2.75) is 19.4 Å². The summed E-state index contributed by atoms with van der Waals surface area (Å²) in [5.41, 5.74) is 8.14. The van der Waals surface area contributed by atoms with Crippen LogP contribution in [-0.2, 0) is 4.79 Å². The molecule has 19 heavy (non-hydrogen) atoms. The van der Waals surface area contributed by atoms with Gasteiger partial charge < -0.3 is 20.7 Å². The third-order valence-corrected chi connectivity index (χ3v) is 3.37. The number of nitrogens with zero attached hydrogens (tertiary/aromatic N) is 1. The summed E-state index contributed by atoms with van der Waals surface area (Å²) in [7, 11) is 1.65. The molecule has 104 valence electrons. The van der Waals surface area contributed by atoms with E-state index in [-0.39, 0.29) is 11.9 Å². The number of nitrogens with two attached hydrogens (primary N) is 1. The highest BCUT2D eigenvalue weighted by Gasteiger charge is 2.20. The third kappa shape index (κ3) is 2.98. The van der Waals surface area contributed by atoms with Gasteiger partial charge >= 0.3 is 0 Å². The Hall–Kier alpha value is -1.75. The van der Waals surface area contributed by atoms with Crippen LogP contribution in [0.4, 0.5) is 5.69 Å². The summed E-state index contributed by atoms with van der Waals surface area (Å²) in [6.07, 6.45) is 0.510. The molecule has 1 aromatic rings. The lowest BCUT2D eigenvalue weighted by atomic mass is 10.0. The molecule has 5 heteroatoms. The van der Waals surface area contributed by atoms with Gasteiger partial charge in [0.1, 0.15) is 5.75 Å². The first-order valence-corrected chi connectivity index (χ1v) is 6.57. The molecular formula is C14H21N3O2. The lowest BCUT2D eigenvalue weighted by molar-refractivity contribution is -0.120. The average Bonchev–Trinajstić information content (AvgIpc) is 2.62. The molecule has 1 amide bonds. The molecule has 1 aliphatic rings. The second kappa shape index (κ2) is 5.93. The third-order valence-electron chi connectivity index (χ3n) is 3.37. The largest absolute Gasteiger partial charge is 0.496 e. The van der Waals surface area contributed by atoms with Crippen molar-refractivity contribution < 1.29 is 9.53 Å². The van der Waals surface area contributed by atoms with E-state index in [2.05, 4.69) is 10.2 Å². The van der Waals surface area contributed by atoms with Crippen molar-refractivity contribution in [3.05, 3.63) is 23.8 Å². The van der Waals surface area contributed by atoms with E-state index in [1.807, 2.05) is 25.1 Å². The van der Waals surface area contributed by atoms with Crippen LogP contribution in [0.25, 0.3) is 0 Å². The second-order valence-electron chi connectivity index (χ2n) is 4.77. The van der Waals surface area contributed by atoms with Crippen LogP contribution in [0.1, 0.15) is 24.9 Å². The Morgan fingerprint density at radius 1 is 1.42 bits per heavy atom. The van der Waals surface area contributed by atoms with E-state index in [0.29, 0.717) is 19.5 Å². The molecule has 2 rings (SSSR count). The smallest absolute Gasteiger partial charge is 0.221 e. The van der Waals surface area contributed by atoms with Crippen LogP contribution in [0.15, 0.2) is 18.2 Å². The molecule has 1 heterocycles. The number of amides is 1. The van der Waals surface area contributed by atoms with Crippen molar-refractivity contribution in [2.24, 2.45) is 5.73 Å². The topological polar surface area (TPSA) is 67.6 Å². The molecule has 1 fully saturated rings. The van der Waals surface area contributed by atoms with E-state index in [0.717, 1.165) is 23.5 Å². The Balaban J connectivity index is 2.35. The number of anilines is 1. The molecule has 0 aliphatic carbocycles. The van der Waals surface area contributed by atoms with Gasteiger partial charge in [0.05, 0.1) is 7.11 Å². The van der Waals surface area contributed by atoms with E-state index in [9.17, 15) is 4.79 Å². The number of ether oxygens (including phenoxy) is 1. The minimum Gasteiger partial charge on any atom is -0.496 e. The molecule has 1 saturated heterocycles. The first kappa shape index (κ1) is 13.7. The number of carbonyl (C=O) groups is 1. The molecule has 0 radical (unpaired) electrons. The lowest BCUT2D eigenvalue weighted by Gasteiger charge is -2.27. The number of nitrogens with one attached hydrogen (secondary N) is 1. The molecule has 5 nitrogen and oxygen atoms in total. The summed E-state index contributed by atoms with van der Waals surface area (Å²) < 4.78 is 5.40. The Labute approximate surface area is 113 Å². The number of rotatable bonds is 3. The Bertz CT molecular complexity index is 460. The van der Waals surface area contributed by atoms with Gasteiger partial charge in [-0.05, 0) is 19.1 Å². The first-order chi connectivity index (χ1) is 9.13. The maximum atomic E-state index is 11.4. The number of benzene rings is 1. The van der Waals surface area contributed by atoms with E-state index >= 15 is 0 Å². The Morgan fingerprint density at radius 3 is 2.89 bits per heavy atom. The van der Waals surface area contributed by atoms with Crippen molar-refractivity contribution in [3.8, 4) is 5.75 Å². The monoisotopic (exact) mass is 263 g/mol. The van der Waals surface area contributed by atoms with Crippen LogP contribution in [0.2, 0.25) is 0 Å². The predicted molar refractivity (Wildman–Crippen MR) is 75.4 cm³/mol. The fraction of sp³-hybridized carbons (Fsp3) is 0.500. The summed E-state index contributed by atoms with van der Waals surface area (Å²) >= 11 is 0. The zero-order valence-electron chi connectivity index (χ0n) is 11.5. The summed E-state index contributed by atoms with van der Waals surface area (Å²) in [6.45, 7) is 4.11. The van der Waals surface area contributed by atoms with Gasteiger partial charge in [-0.1, -0.05) is 6.07 Å². The quantitative estimate of drug-likeness (QED) is 0.855. The van der Waals surface area contributed by atoms with Gasteiger partial charge in [-0.25, -0.2) is 0 Å². The highest BCUT2D eigenvalue weighted by atomic mass is 16.5. The van der Waals surface area contributed by atoms with Crippen molar-refractivity contribution in [2.75, 3.05) is 31.6 Å². The fourth-order valence-corrected chi connectivity index (χ4v) is 2.45. The highest BCUT2D eigenvalue weighted by Crippen LogP contribution is 2.33. The number of hydrogen-bond acceptors (Lipinski definition) is 4. The van der Waals surface area contributed by atoms with Crippen molar-refractivity contribution >= 4 is 11.6 Å². The maximum absolute atomic E-state index is 11.4. The van der Waals surface area contributed by atoms with Gasteiger partial charge in [-0.15, -0.1) is 0 Å². The van der Waals surface area contributed by atoms with E-state index in [1.165, 1.54) is 0 Å². The standard InChI is InChI=1S/C14H21N3O2/c1-10(15)14-11(4-3-5-12(14)19-2)17-8-6-13(18)16-7-9-17/h3-5,10H,6-9,15H2,1-2H3,(H,16,18)/t10-/m1/s1. The zero-order valence-corrected chi connectivity index (χ0v) is 11.5. The lowest BCUT2D eigenvalue weighted by Crippen LogP contribution is -2.29. The molecule has 1 aromatic carbocycles. The molecule has 1 atom stereocenters. The highest BCUT2D eigenvalue weighted by molar-refractivity contribution is 5.77. The van der Waals surface area contributed by atoms with Gasteiger partial charge in [0.15, 0.2) is 0 Å². The van der Waals surface area contributed by atoms with Crippen LogP contribution in [0.3, 0.4) is 0 Å². The minimum atomic E-state index is -0.113. The van der Waals surface area contributed by atoms with Gasteiger partial charge in [0.2, 0.25) is 5.91 Å². The van der Waals surface area contributed by atoms with Crippen molar-refractivity contribution in [1.82, 2.24) is 5.32 Å². The fourth-order valence-electron chi connectivity index (χ4n) is 2.45. The number of carbonyl (C=O) groups excluding carboxylic acids is 1. The predicted octanol–water partition coefficient (Wildman–Crippen LogP) is 1.04. The van der Waals surface area contributed by atoms with Crippen molar-refractivity contribution in [1.29, 1.82) is 0 Å². The molecule has 1 aliphatic heterocycles. The molecule has 0 saturated carbocycles. The number of hydrogen-bond donors (Lipinski definition) is 2. The summed E-state index contributed by atoms with van der Waals surface area (Å²) in [6, 6.07) is 5.80. The zero-order chi connectivity index (χ0) is 13.8. The van der Waals surface area contributed by atoms with Gasteiger partial charge in [-0.3, -0.25) is 4.79 Å². The SMILES string of the molecule is COc1cccc(N2CCNC(=O)CC2)c1[C@@H](C)N. The Morgan fingerprint density at radius 2 is 2.21 bits per heavy atom. The van der Waals surface area contributed by atoms with Gasteiger partial charge in [0, 0.05) is 43.3 Å². The molecule has 0 spiro atoms. The molecule has 0 aromatic heterocycles. The summed E-state index contributed by atoms with van der Waals surface area (Å²) in [5, 5.41) is 2.88. The van der Waals surface area contributed by atoms with Crippen molar-refractivity contribution in [3.63, 3.8) is 0 Å². The summed E-state index contributed by atoms with van der Waals surface area (Å²) in [4.78, 5) is 13.6. The van der Waals surface area contributed by atoms with E-state index in [1.54, 1.807) is 7.11 Å². The maximum Gasteiger partial charge on any atom is 0.221 e. The minimum absolute atomic E-state index is 0.104. The molecule has 3 N–H and O–H groups in total. The van der Waals surface area contributed by atoms with Crippen LogP contribution < -0.4 is 20.7 Å². The number of methoxy groups -OCH3 is 1. The van der Waals surface area contributed by atoms with Crippen LogP contribution in [0, 0.1) is 0 Å². The summed E-state index contributed by atoms with van der Waals surface area (Å²) in [5.74, 6) is 0.906. The Kier molecular flexibility index (Phi) is 4.27. The molecule has 0 unspecified atom stereocenters.